The fraction of sp³-hybridized carbons (Fsp3) is 0.625. The lowest BCUT2D eigenvalue weighted by Crippen LogP contribution is -2.37. The van der Waals surface area contributed by atoms with Crippen LogP contribution in [0.2, 0.25) is 0 Å². The summed E-state index contributed by atoms with van der Waals surface area (Å²) in [6.07, 6.45) is 0. The minimum Gasteiger partial charge on any atom is -0.330 e. The van der Waals surface area contributed by atoms with E-state index in [0.29, 0.717) is 6.04 Å². The second kappa shape index (κ2) is 5.85. The van der Waals surface area contributed by atoms with Crippen molar-refractivity contribution in [3.63, 3.8) is 0 Å². The Kier molecular flexibility index (Phi) is 4.94. The lowest BCUT2D eigenvalue weighted by Gasteiger charge is -2.33. The van der Waals surface area contributed by atoms with E-state index in [1.165, 1.54) is 16.7 Å². The highest BCUT2D eigenvalue weighted by Crippen LogP contribution is 2.25. The quantitative estimate of drug-likeness (QED) is 0.866. The first-order valence-electron chi connectivity index (χ1n) is 6.74. The number of aryl methyl sites for hydroxylation is 2. The van der Waals surface area contributed by atoms with Gasteiger partial charge in [0.15, 0.2) is 0 Å². The van der Waals surface area contributed by atoms with Gasteiger partial charge in [-0.15, -0.1) is 0 Å². The van der Waals surface area contributed by atoms with E-state index in [0.717, 1.165) is 13.1 Å². The summed E-state index contributed by atoms with van der Waals surface area (Å²) in [6.45, 7) is 12.8. The molecule has 0 amide bonds. The summed E-state index contributed by atoms with van der Waals surface area (Å²) in [5.41, 5.74) is 10.0. The van der Waals surface area contributed by atoms with Crippen molar-refractivity contribution in [1.29, 1.82) is 0 Å². The summed E-state index contributed by atoms with van der Waals surface area (Å²) < 4.78 is 0. The van der Waals surface area contributed by atoms with Gasteiger partial charge in [0.1, 0.15) is 0 Å². The highest BCUT2D eigenvalue weighted by molar-refractivity contribution is 5.30. The second-order valence-electron chi connectivity index (χ2n) is 6.38. The SMILES string of the molecule is Cc1cc(C)cc(C(C)N(C)CC(C)(C)CN)c1. The van der Waals surface area contributed by atoms with E-state index >= 15 is 0 Å². The maximum Gasteiger partial charge on any atom is 0.0317 e. The molecule has 18 heavy (non-hydrogen) atoms. The van der Waals surface area contributed by atoms with E-state index in [9.17, 15) is 0 Å². The molecule has 0 aliphatic rings. The van der Waals surface area contributed by atoms with Gasteiger partial charge in [-0.2, -0.15) is 0 Å². The fourth-order valence-electron chi connectivity index (χ4n) is 2.38. The lowest BCUT2D eigenvalue weighted by atomic mass is 9.92. The third-order valence-electron chi connectivity index (χ3n) is 3.62. The number of hydrogen-bond acceptors (Lipinski definition) is 2. The van der Waals surface area contributed by atoms with Crippen LogP contribution in [0.25, 0.3) is 0 Å². The normalized spacial score (nSPS) is 14.0. The van der Waals surface area contributed by atoms with Gasteiger partial charge < -0.3 is 5.73 Å². The maximum absolute atomic E-state index is 5.81. The largest absolute Gasteiger partial charge is 0.330 e. The Morgan fingerprint density at radius 1 is 1.17 bits per heavy atom. The van der Waals surface area contributed by atoms with Crippen LogP contribution in [0.5, 0.6) is 0 Å². The van der Waals surface area contributed by atoms with Gasteiger partial charge in [0.05, 0.1) is 0 Å². The minimum absolute atomic E-state index is 0.169. The first kappa shape index (κ1) is 15.2. The summed E-state index contributed by atoms with van der Waals surface area (Å²) in [6, 6.07) is 7.21. The predicted molar refractivity (Wildman–Crippen MR) is 79.8 cm³/mol. The van der Waals surface area contributed by atoms with Crippen LogP contribution in [0.15, 0.2) is 18.2 Å². The Bertz CT molecular complexity index is 376. The van der Waals surface area contributed by atoms with Crippen molar-refractivity contribution in [2.24, 2.45) is 11.1 Å². The molecule has 0 fully saturated rings. The topological polar surface area (TPSA) is 29.3 Å². The molecule has 0 saturated heterocycles. The fourth-order valence-corrected chi connectivity index (χ4v) is 2.38. The molecule has 0 radical (unpaired) electrons. The zero-order chi connectivity index (χ0) is 13.9. The molecule has 0 aliphatic carbocycles. The van der Waals surface area contributed by atoms with E-state index in [1.54, 1.807) is 0 Å². The molecule has 1 rings (SSSR count). The van der Waals surface area contributed by atoms with Crippen molar-refractivity contribution >= 4 is 0 Å². The summed E-state index contributed by atoms with van der Waals surface area (Å²) in [7, 11) is 2.18. The van der Waals surface area contributed by atoms with E-state index in [-0.39, 0.29) is 5.41 Å². The molecule has 0 saturated carbocycles. The molecule has 1 aromatic rings. The molecule has 0 aliphatic heterocycles. The van der Waals surface area contributed by atoms with Gasteiger partial charge in [0.25, 0.3) is 0 Å². The van der Waals surface area contributed by atoms with Crippen LogP contribution < -0.4 is 5.73 Å². The van der Waals surface area contributed by atoms with Crippen LogP contribution >= 0.6 is 0 Å². The van der Waals surface area contributed by atoms with Gasteiger partial charge in [-0.25, -0.2) is 0 Å². The van der Waals surface area contributed by atoms with Gasteiger partial charge in [0, 0.05) is 12.6 Å². The molecule has 2 N–H and O–H groups in total. The van der Waals surface area contributed by atoms with Crippen molar-refractivity contribution in [2.45, 2.75) is 40.7 Å². The first-order chi connectivity index (χ1) is 8.25. The van der Waals surface area contributed by atoms with Crippen molar-refractivity contribution in [3.05, 3.63) is 34.9 Å². The molecule has 1 atom stereocenters. The van der Waals surface area contributed by atoms with Crippen LogP contribution in [-0.2, 0) is 0 Å². The minimum atomic E-state index is 0.169. The Labute approximate surface area is 112 Å². The van der Waals surface area contributed by atoms with Crippen molar-refractivity contribution in [3.8, 4) is 0 Å². The number of nitrogens with two attached hydrogens (primary N) is 1. The molecule has 1 unspecified atom stereocenters. The van der Waals surface area contributed by atoms with Crippen molar-refractivity contribution < 1.29 is 0 Å². The zero-order valence-electron chi connectivity index (χ0n) is 12.7. The molecule has 2 heteroatoms. The molecule has 0 spiro atoms. The molecule has 0 bridgehead atoms. The second-order valence-corrected chi connectivity index (χ2v) is 6.38. The van der Waals surface area contributed by atoms with E-state index < -0.39 is 0 Å². The average Bonchev–Trinajstić information content (AvgIpc) is 2.26. The van der Waals surface area contributed by atoms with Gasteiger partial charge in [-0.05, 0) is 45.3 Å². The molecule has 1 aromatic carbocycles. The molecule has 102 valence electrons. The summed E-state index contributed by atoms with van der Waals surface area (Å²) in [5.74, 6) is 0. The summed E-state index contributed by atoms with van der Waals surface area (Å²) in [4.78, 5) is 2.39. The molecule has 2 nitrogen and oxygen atoms in total. The van der Waals surface area contributed by atoms with Crippen LogP contribution in [0, 0.1) is 19.3 Å². The number of benzene rings is 1. The highest BCUT2D eigenvalue weighted by Gasteiger charge is 2.21. The summed E-state index contributed by atoms with van der Waals surface area (Å²) in [5, 5.41) is 0. The Balaban J connectivity index is 2.83. The standard InChI is InChI=1S/C16H28N2/c1-12-7-13(2)9-15(8-12)14(3)18(6)11-16(4,5)10-17/h7-9,14H,10-11,17H2,1-6H3. The molecule has 0 heterocycles. The smallest absolute Gasteiger partial charge is 0.0317 e. The predicted octanol–water partition coefficient (Wildman–Crippen LogP) is 3.28. The molecular weight excluding hydrogens is 220 g/mol. The van der Waals surface area contributed by atoms with Gasteiger partial charge in [0.2, 0.25) is 0 Å². The number of hydrogen-bond donors (Lipinski definition) is 1. The highest BCUT2D eigenvalue weighted by atomic mass is 15.1. The zero-order valence-corrected chi connectivity index (χ0v) is 12.7. The third kappa shape index (κ3) is 4.11. The van der Waals surface area contributed by atoms with E-state index in [2.05, 4.69) is 64.8 Å². The van der Waals surface area contributed by atoms with Crippen molar-refractivity contribution in [2.75, 3.05) is 20.1 Å². The van der Waals surface area contributed by atoms with Gasteiger partial charge >= 0.3 is 0 Å². The van der Waals surface area contributed by atoms with Crippen LogP contribution in [0.4, 0.5) is 0 Å². The van der Waals surface area contributed by atoms with Crippen LogP contribution in [0.1, 0.15) is 43.5 Å². The average molecular weight is 248 g/mol. The Morgan fingerprint density at radius 2 is 1.67 bits per heavy atom. The first-order valence-corrected chi connectivity index (χ1v) is 6.74. The number of nitrogens with zero attached hydrogens (tertiary/aromatic N) is 1. The molecule has 0 aromatic heterocycles. The van der Waals surface area contributed by atoms with Crippen molar-refractivity contribution in [1.82, 2.24) is 4.90 Å². The van der Waals surface area contributed by atoms with Gasteiger partial charge in [-0.3, -0.25) is 4.90 Å². The van der Waals surface area contributed by atoms with Crippen LogP contribution in [0.3, 0.4) is 0 Å². The maximum atomic E-state index is 5.81. The number of rotatable bonds is 5. The lowest BCUT2D eigenvalue weighted by molar-refractivity contribution is 0.174. The monoisotopic (exact) mass is 248 g/mol. The Morgan fingerprint density at radius 3 is 2.11 bits per heavy atom. The van der Waals surface area contributed by atoms with E-state index in [1.807, 2.05) is 0 Å². The molecular formula is C16H28N2. The van der Waals surface area contributed by atoms with Crippen LogP contribution in [-0.4, -0.2) is 25.0 Å². The van der Waals surface area contributed by atoms with Gasteiger partial charge in [-0.1, -0.05) is 43.2 Å². The summed E-state index contributed by atoms with van der Waals surface area (Å²) >= 11 is 0. The third-order valence-corrected chi connectivity index (χ3v) is 3.62. The Hall–Kier alpha value is -0.860. The van der Waals surface area contributed by atoms with E-state index in [4.69, 9.17) is 5.73 Å².